The van der Waals surface area contributed by atoms with Crippen molar-refractivity contribution in [2.24, 2.45) is 0 Å². The van der Waals surface area contributed by atoms with Gasteiger partial charge in [0.2, 0.25) is 5.91 Å². The van der Waals surface area contributed by atoms with Crippen molar-refractivity contribution in [2.75, 3.05) is 0 Å². The number of carbonyl (C=O) groups excluding carboxylic acids is 2. The molecule has 2 atom stereocenters. The van der Waals surface area contributed by atoms with Crippen LogP contribution in [0.25, 0.3) is 0 Å². The lowest BCUT2D eigenvalue weighted by atomic mass is 10.0. The summed E-state index contributed by atoms with van der Waals surface area (Å²) >= 11 is 0. The Bertz CT molecular complexity index is 812. The zero-order valence-corrected chi connectivity index (χ0v) is 15.0. The molecule has 0 aromatic heterocycles. The van der Waals surface area contributed by atoms with Crippen LogP contribution in [0.2, 0.25) is 0 Å². The Hall–Kier alpha value is -2.62. The maximum atomic E-state index is 13.2. The summed E-state index contributed by atoms with van der Waals surface area (Å²) in [5, 5.41) is 3.19. The molecule has 2 aromatic rings. The Morgan fingerprint density at radius 3 is 2.42 bits per heavy atom. The summed E-state index contributed by atoms with van der Waals surface area (Å²) in [6.07, 6.45) is 4.38. The summed E-state index contributed by atoms with van der Waals surface area (Å²) in [4.78, 5) is 28.0. The monoisotopic (exact) mass is 348 g/mol. The highest BCUT2D eigenvalue weighted by Gasteiger charge is 2.43. The van der Waals surface area contributed by atoms with Gasteiger partial charge in [-0.05, 0) is 37.0 Å². The van der Waals surface area contributed by atoms with Gasteiger partial charge in [0, 0.05) is 11.6 Å². The van der Waals surface area contributed by atoms with Gasteiger partial charge in [0.15, 0.2) is 0 Å². The van der Waals surface area contributed by atoms with Crippen LogP contribution in [0.4, 0.5) is 0 Å². The number of carbonyl (C=O) groups is 2. The third kappa shape index (κ3) is 2.90. The number of fused-ring (bicyclic) bond motifs is 1. The van der Waals surface area contributed by atoms with Crippen molar-refractivity contribution in [3.63, 3.8) is 0 Å². The molecule has 1 aliphatic carbocycles. The highest BCUT2D eigenvalue weighted by Crippen LogP contribution is 2.40. The van der Waals surface area contributed by atoms with Gasteiger partial charge in [-0.15, -0.1) is 0 Å². The van der Waals surface area contributed by atoms with Crippen molar-refractivity contribution in [3.05, 3.63) is 71.3 Å². The zero-order chi connectivity index (χ0) is 18.1. The Balaban J connectivity index is 1.69. The Morgan fingerprint density at radius 1 is 1.04 bits per heavy atom. The standard InChI is InChI=1S/C22H24N2O2/c1-15(16-9-3-2-4-10-16)24-20(21(25)23-17-11-5-6-12-17)18-13-7-8-14-19(18)22(24)26/h2-4,7-10,13-15,17,20H,5-6,11-12H2,1H3,(H,23,25)/t15-,20-/m1/s1. The van der Waals surface area contributed by atoms with Crippen molar-refractivity contribution >= 4 is 11.8 Å². The molecular formula is C22H24N2O2. The summed E-state index contributed by atoms with van der Waals surface area (Å²) in [6.45, 7) is 2.00. The third-order valence-electron chi connectivity index (χ3n) is 5.65. The van der Waals surface area contributed by atoms with Crippen LogP contribution in [0, 0.1) is 0 Å². The number of amides is 2. The molecule has 0 radical (unpaired) electrons. The summed E-state index contributed by atoms with van der Waals surface area (Å²) in [5.41, 5.74) is 2.49. The number of nitrogens with one attached hydrogen (secondary N) is 1. The second-order valence-corrected chi connectivity index (χ2v) is 7.28. The first-order chi connectivity index (χ1) is 12.7. The Morgan fingerprint density at radius 2 is 1.69 bits per heavy atom. The van der Waals surface area contributed by atoms with E-state index in [1.165, 1.54) is 0 Å². The maximum Gasteiger partial charge on any atom is 0.255 e. The molecule has 4 heteroatoms. The molecule has 1 heterocycles. The average Bonchev–Trinajstić information content (AvgIpc) is 3.28. The predicted molar refractivity (Wildman–Crippen MR) is 101 cm³/mol. The lowest BCUT2D eigenvalue weighted by Crippen LogP contribution is -2.43. The van der Waals surface area contributed by atoms with E-state index in [0.29, 0.717) is 5.56 Å². The summed E-state index contributed by atoms with van der Waals surface area (Å²) in [5.74, 6) is -0.124. The molecule has 1 fully saturated rings. The second-order valence-electron chi connectivity index (χ2n) is 7.28. The summed E-state index contributed by atoms with van der Waals surface area (Å²) in [7, 11) is 0. The molecular weight excluding hydrogens is 324 g/mol. The van der Waals surface area contributed by atoms with Gasteiger partial charge in [0.05, 0.1) is 6.04 Å². The van der Waals surface area contributed by atoms with Crippen LogP contribution in [0.5, 0.6) is 0 Å². The normalized spacial score (nSPS) is 20.9. The van der Waals surface area contributed by atoms with Crippen LogP contribution in [0.1, 0.15) is 66.2 Å². The minimum Gasteiger partial charge on any atom is -0.351 e. The quantitative estimate of drug-likeness (QED) is 0.908. The van der Waals surface area contributed by atoms with Crippen molar-refractivity contribution in [1.82, 2.24) is 10.2 Å². The van der Waals surface area contributed by atoms with E-state index in [9.17, 15) is 9.59 Å². The molecule has 1 N–H and O–H groups in total. The molecule has 26 heavy (non-hydrogen) atoms. The van der Waals surface area contributed by atoms with E-state index < -0.39 is 6.04 Å². The molecule has 0 saturated heterocycles. The fourth-order valence-electron chi connectivity index (χ4n) is 4.25. The van der Waals surface area contributed by atoms with Gasteiger partial charge in [-0.25, -0.2) is 0 Å². The van der Waals surface area contributed by atoms with E-state index in [1.54, 1.807) is 4.90 Å². The lowest BCUT2D eigenvalue weighted by molar-refractivity contribution is -0.126. The highest BCUT2D eigenvalue weighted by atomic mass is 16.2. The summed E-state index contributed by atoms with van der Waals surface area (Å²) in [6, 6.07) is 16.9. The van der Waals surface area contributed by atoms with Gasteiger partial charge >= 0.3 is 0 Å². The second kappa shape index (κ2) is 6.94. The molecule has 1 aliphatic heterocycles. The Labute approximate surface area is 154 Å². The number of benzene rings is 2. The van der Waals surface area contributed by atoms with Crippen molar-refractivity contribution in [3.8, 4) is 0 Å². The first-order valence-corrected chi connectivity index (χ1v) is 9.43. The van der Waals surface area contributed by atoms with Crippen LogP contribution in [-0.2, 0) is 4.79 Å². The first kappa shape index (κ1) is 16.8. The minimum atomic E-state index is -0.561. The topological polar surface area (TPSA) is 49.4 Å². The van der Waals surface area contributed by atoms with E-state index in [4.69, 9.17) is 0 Å². The van der Waals surface area contributed by atoms with Gasteiger partial charge in [-0.2, -0.15) is 0 Å². The summed E-state index contributed by atoms with van der Waals surface area (Å²) < 4.78 is 0. The van der Waals surface area contributed by atoms with E-state index in [2.05, 4.69) is 5.32 Å². The molecule has 0 unspecified atom stereocenters. The van der Waals surface area contributed by atoms with Gasteiger partial charge in [-0.3, -0.25) is 9.59 Å². The molecule has 4 nitrogen and oxygen atoms in total. The third-order valence-corrected chi connectivity index (χ3v) is 5.65. The van der Waals surface area contributed by atoms with Crippen LogP contribution < -0.4 is 5.32 Å². The molecule has 134 valence electrons. The fourth-order valence-corrected chi connectivity index (χ4v) is 4.25. The Kier molecular flexibility index (Phi) is 4.49. The number of nitrogens with zero attached hydrogens (tertiary/aromatic N) is 1. The number of hydrogen-bond acceptors (Lipinski definition) is 2. The molecule has 0 bridgehead atoms. The fraction of sp³-hybridized carbons (Fsp3) is 0.364. The molecule has 2 aromatic carbocycles. The maximum absolute atomic E-state index is 13.2. The average molecular weight is 348 g/mol. The van der Waals surface area contributed by atoms with Gasteiger partial charge in [0.25, 0.3) is 5.91 Å². The molecule has 4 rings (SSSR count). The predicted octanol–water partition coefficient (Wildman–Crippen LogP) is 4.00. The lowest BCUT2D eigenvalue weighted by Gasteiger charge is -2.31. The van der Waals surface area contributed by atoms with E-state index in [0.717, 1.165) is 36.8 Å². The van der Waals surface area contributed by atoms with Gasteiger partial charge in [-0.1, -0.05) is 61.4 Å². The van der Waals surface area contributed by atoms with Crippen LogP contribution in [0.15, 0.2) is 54.6 Å². The van der Waals surface area contributed by atoms with E-state index >= 15 is 0 Å². The SMILES string of the molecule is C[C@H](c1ccccc1)N1C(=O)c2ccccc2[C@@H]1C(=O)NC1CCCC1. The number of hydrogen-bond donors (Lipinski definition) is 1. The van der Waals surface area contributed by atoms with Gasteiger partial charge in [0.1, 0.15) is 6.04 Å². The van der Waals surface area contributed by atoms with E-state index in [1.807, 2.05) is 61.5 Å². The largest absolute Gasteiger partial charge is 0.351 e. The van der Waals surface area contributed by atoms with Crippen LogP contribution in [-0.4, -0.2) is 22.8 Å². The molecule has 1 saturated carbocycles. The smallest absolute Gasteiger partial charge is 0.255 e. The molecule has 2 aliphatic rings. The van der Waals surface area contributed by atoms with Crippen molar-refractivity contribution in [2.45, 2.75) is 50.7 Å². The van der Waals surface area contributed by atoms with Gasteiger partial charge < -0.3 is 10.2 Å². The first-order valence-electron chi connectivity index (χ1n) is 9.43. The van der Waals surface area contributed by atoms with Crippen molar-refractivity contribution in [1.29, 1.82) is 0 Å². The van der Waals surface area contributed by atoms with Crippen molar-refractivity contribution < 1.29 is 9.59 Å². The molecule has 2 amide bonds. The number of rotatable bonds is 4. The minimum absolute atomic E-state index is 0.0574. The highest BCUT2D eigenvalue weighted by molar-refractivity contribution is 6.05. The van der Waals surface area contributed by atoms with E-state index in [-0.39, 0.29) is 23.9 Å². The zero-order valence-electron chi connectivity index (χ0n) is 15.0. The van der Waals surface area contributed by atoms with Crippen LogP contribution in [0.3, 0.4) is 0 Å². The van der Waals surface area contributed by atoms with Crippen LogP contribution >= 0.6 is 0 Å². The molecule has 0 spiro atoms.